The summed E-state index contributed by atoms with van der Waals surface area (Å²) in [6.07, 6.45) is 13.0. The summed E-state index contributed by atoms with van der Waals surface area (Å²) in [5, 5.41) is 0. The second-order valence-corrected chi connectivity index (χ2v) is 1.62. The van der Waals surface area contributed by atoms with E-state index in [-0.39, 0.29) is 0 Å². The summed E-state index contributed by atoms with van der Waals surface area (Å²) in [7, 11) is 0. The smallest absolute Gasteiger partial charge is 0.0310 e. The Morgan fingerprint density at radius 1 is 0.857 bits per heavy atom. The van der Waals surface area contributed by atoms with Crippen LogP contribution in [0.4, 0.5) is 0 Å². The minimum Gasteiger partial charge on any atom is -0.0843 e. The van der Waals surface area contributed by atoms with Gasteiger partial charge in [0.15, 0.2) is 0 Å². The Kier molecular flexibility index (Phi) is 1.73. The lowest BCUT2D eigenvalue weighted by molar-refractivity contribution is 1.12. The molecule has 1 rings (SSSR count). The van der Waals surface area contributed by atoms with Gasteiger partial charge in [0.1, 0.15) is 0 Å². The molecule has 1 radical (unpaired) electrons. The summed E-state index contributed by atoms with van der Waals surface area (Å²) in [4.78, 5) is 0. The molecule has 7 heavy (non-hydrogen) atoms. The minimum absolute atomic E-state index is 1.13. The first-order valence-corrected chi connectivity index (χ1v) is 2.63. The molecule has 0 fully saturated rings. The van der Waals surface area contributed by atoms with Gasteiger partial charge >= 0.3 is 0 Å². The van der Waals surface area contributed by atoms with Crippen LogP contribution in [0.25, 0.3) is 0 Å². The van der Waals surface area contributed by atoms with Gasteiger partial charge in [-0.15, -0.1) is 0 Å². The van der Waals surface area contributed by atoms with Crippen LogP contribution in [0, 0.1) is 6.42 Å². The van der Waals surface area contributed by atoms with Crippen molar-refractivity contribution < 1.29 is 0 Å². The summed E-state index contributed by atoms with van der Waals surface area (Å²) in [5.41, 5.74) is 0. The molecule has 0 heteroatoms. The van der Waals surface area contributed by atoms with Gasteiger partial charge in [0.05, 0.1) is 0 Å². The highest BCUT2D eigenvalue weighted by atomic mass is 13.9. The number of hydrogen-bond acceptors (Lipinski definition) is 0. The maximum absolute atomic E-state index is 2.25. The normalized spacial score (nSPS) is 19.4. The molecule has 37 valence electrons. The molecule has 0 amide bonds. The summed E-state index contributed by atoms with van der Waals surface area (Å²) in [6, 6.07) is 0. The molecule has 0 unspecified atom stereocenters. The Morgan fingerprint density at radius 2 is 1.43 bits per heavy atom. The fourth-order valence-corrected chi connectivity index (χ4v) is 0.603. The fourth-order valence-electron chi connectivity index (χ4n) is 0.603. The number of hydrogen-bond donors (Lipinski definition) is 0. The molecule has 1 aliphatic carbocycles. The number of rotatable bonds is 0. The van der Waals surface area contributed by atoms with E-state index in [1.54, 1.807) is 0 Å². The zero-order valence-electron chi connectivity index (χ0n) is 4.30. The zero-order chi connectivity index (χ0) is 4.95. The molecule has 0 aromatic heterocycles. The Bertz CT molecular complexity index is 76.2. The second kappa shape index (κ2) is 2.62. The van der Waals surface area contributed by atoms with Crippen molar-refractivity contribution in [3.05, 3.63) is 30.7 Å². The molecular formula is C7H9. The third-order valence-corrected chi connectivity index (χ3v) is 0.989. The van der Waals surface area contributed by atoms with Crippen LogP contribution in [0.2, 0.25) is 0 Å². The quantitative estimate of drug-likeness (QED) is 0.430. The predicted octanol–water partition coefficient (Wildman–Crippen LogP) is 2.10. The summed E-state index contributed by atoms with van der Waals surface area (Å²) in [5.74, 6) is 0. The standard InChI is InChI=1S/C7H9/c1-2-4-6-7-5-3-1/h1-4,7H,5-6H2. The molecule has 0 spiro atoms. The average molecular weight is 93.1 g/mol. The molecule has 0 bridgehead atoms. The Hall–Kier alpha value is -0.520. The third-order valence-electron chi connectivity index (χ3n) is 0.989. The van der Waals surface area contributed by atoms with Gasteiger partial charge in [-0.25, -0.2) is 0 Å². The summed E-state index contributed by atoms with van der Waals surface area (Å²) < 4.78 is 0. The topological polar surface area (TPSA) is 0 Å². The van der Waals surface area contributed by atoms with Crippen LogP contribution >= 0.6 is 0 Å². The first kappa shape index (κ1) is 4.63. The molecule has 1 aliphatic rings. The van der Waals surface area contributed by atoms with Gasteiger partial charge in [-0.05, 0) is 19.3 Å². The highest BCUT2D eigenvalue weighted by Gasteiger charge is 1.81. The van der Waals surface area contributed by atoms with Gasteiger partial charge in [-0.2, -0.15) is 0 Å². The predicted molar refractivity (Wildman–Crippen MR) is 31.8 cm³/mol. The van der Waals surface area contributed by atoms with E-state index in [4.69, 9.17) is 0 Å². The lowest BCUT2D eigenvalue weighted by atomic mass is 10.2. The van der Waals surface area contributed by atoms with E-state index in [1.807, 2.05) is 0 Å². The van der Waals surface area contributed by atoms with Crippen LogP contribution in [0.1, 0.15) is 12.8 Å². The molecule has 0 aliphatic heterocycles. The van der Waals surface area contributed by atoms with E-state index < -0.39 is 0 Å². The molecule has 0 heterocycles. The van der Waals surface area contributed by atoms with Crippen LogP contribution in [-0.2, 0) is 0 Å². The van der Waals surface area contributed by atoms with Crippen LogP contribution in [0.15, 0.2) is 24.3 Å². The monoisotopic (exact) mass is 93.1 g/mol. The van der Waals surface area contributed by atoms with Gasteiger partial charge in [0, 0.05) is 0 Å². The zero-order valence-corrected chi connectivity index (χ0v) is 4.30. The Morgan fingerprint density at radius 3 is 2.00 bits per heavy atom. The molecule has 0 atom stereocenters. The molecule has 0 aromatic carbocycles. The van der Waals surface area contributed by atoms with Crippen molar-refractivity contribution in [2.45, 2.75) is 12.8 Å². The van der Waals surface area contributed by atoms with Crippen LogP contribution in [0.5, 0.6) is 0 Å². The first-order valence-electron chi connectivity index (χ1n) is 2.63. The lowest BCUT2D eigenvalue weighted by Gasteiger charge is -1.81. The average Bonchev–Trinajstić information content (AvgIpc) is 1.90. The van der Waals surface area contributed by atoms with E-state index in [2.05, 4.69) is 30.7 Å². The fraction of sp³-hybridized carbons (Fsp3) is 0.286. The van der Waals surface area contributed by atoms with E-state index >= 15 is 0 Å². The van der Waals surface area contributed by atoms with Gasteiger partial charge in [-0.3, -0.25) is 0 Å². The van der Waals surface area contributed by atoms with Crippen molar-refractivity contribution in [2.75, 3.05) is 0 Å². The van der Waals surface area contributed by atoms with Crippen molar-refractivity contribution in [3.63, 3.8) is 0 Å². The van der Waals surface area contributed by atoms with Gasteiger partial charge in [0.2, 0.25) is 0 Å². The van der Waals surface area contributed by atoms with Crippen LogP contribution in [0.3, 0.4) is 0 Å². The van der Waals surface area contributed by atoms with Crippen molar-refractivity contribution in [1.82, 2.24) is 0 Å². The van der Waals surface area contributed by atoms with E-state index in [0.717, 1.165) is 12.8 Å². The van der Waals surface area contributed by atoms with E-state index in [9.17, 15) is 0 Å². The molecule has 0 N–H and O–H groups in total. The van der Waals surface area contributed by atoms with Gasteiger partial charge in [0.25, 0.3) is 0 Å². The van der Waals surface area contributed by atoms with Gasteiger partial charge < -0.3 is 0 Å². The molecule has 0 saturated heterocycles. The second-order valence-electron chi connectivity index (χ2n) is 1.62. The Labute approximate surface area is 44.5 Å². The lowest BCUT2D eigenvalue weighted by Crippen LogP contribution is -1.64. The highest BCUT2D eigenvalue weighted by molar-refractivity contribution is 5.08. The van der Waals surface area contributed by atoms with E-state index in [0.29, 0.717) is 0 Å². The minimum atomic E-state index is 1.13. The van der Waals surface area contributed by atoms with Crippen LogP contribution in [-0.4, -0.2) is 0 Å². The van der Waals surface area contributed by atoms with Gasteiger partial charge in [-0.1, -0.05) is 24.3 Å². The number of allylic oxidation sites excluding steroid dienone is 4. The SMILES string of the molecule is [CH]1CC=CC=CC1. The molecular weight excluding hydrogens is 84.1 g/mol. The summed E-state index contributed by atoms with van der Waals surface area (Å²) in [6.45, 7) is 0. The van der Waals surface area contributed by atoms with Crippen molar-refractivity contribution in [1.29, 1.82) is 0 Å². The highest BCUT2D eigenvalue weighted by Crippen LogP contribution is 2.00. The molecule has 0 saturated carbocycles. The maximum atomic E-state index is 2.25. The first-order chi connectivity index (χ1) is 3.50. The van der Waals surface area contributed by atoms with Crippen LogP contribution < -0.4 is 0 Å². The Balaban J connectivity index is 2.39. The van der Waals surface area contributed by atoms with Crippen molar-refractivity contribution >= 4 is 0 Å². The van der Waals surface area contributed by atoms with Crippen molar-refractivity contribution in [3.8, 4) is 0 Å². The maximum Gasteiger partial charge on any atom is -0.0310 e. The molecule has 0 aromatic rings. The van der Waals surface area contributed by atoms with Crippen molar-refractivity contribution in [2.24, 2.45) is 0 Å². The van der Waals surface area contributed by atoms with E-state index in [1.165, 1.54) is 0 Å². The third kappa shape index (κ3) is 1.58. The summed E-state index contributed by atoms with van der Waals surface area (Å²) >= 11 is 0. The largest absolute Gasteiger partial charge is 0.0843 e. The molecule has 0 nitrogen and oxygen atoms in total.